The van der Waals surface area contributed by atoms with E-state index in [0.717, 1.165) is 29.5 Å². The predicted octanol–water partition coefficient (Wildman–Crippen LogP) is 4.82. The summed E-state index contributed by atoms with van der Waals surface area (Å²) in [6.07, 6.45) is 5.00. The summed E-state index contributed by atoms with van der Waals surface area (Å²) in [6, 6.07) is 8.00. The molecule has 0 aliphatic carbocycles. The zero-order valence-corrected chi connectivity index (χ0v) is 18.8. The van der Waals surface area contributed by atoms with Gasteiger partial charge in [0.25, 0.3) is 0 Å². The van der Waals surface area contributed by atoms with Crippen LogP contribution in [0.25, 0.3) is 11.1 Å². The van der Waals surface area contributed by atoms with Crippen molar-refractivity contribution in [3.63, 3.8) is 0 Å². The van der Waals surface area contributed by atoms with Crippen molar-refractivity contribution in [2.24, 2.45) is 0 Å². The average Bonchev–Trinajstić information content (AvgIpc) is 3.13. The number of hydrogen-bond donors (Lipinski definition) is 0. The fourth-order valence-corrected chi connectivity index (χ4v) is 3.15. The lowest BCUT2D eigenvalue weighted by molar-refractivity contribution is -0.144. The number of amides is 1. The van der Waals surface area contributed by atoms with Gasteiger partial charge in [-0.15, -0.1) is 0 Å². The Kier molecular flexibility index (Phi) is 8.03. The summed E-state index contributed by atoms with van der Waals surface area (Å²) in [6.45, 7) is 9.91. The number of carbonyl (C=O) groups is 2. The van der Waals surface area contributed by atoms with Gasteiger partial charge in [0.15, 0.2) is 0 Å². The predicted molar refractivity (Wildman–Crippen MR) is 116 cm³/mol. The minimum Gasteiger partial charge on any atom is -0.465 e. The Morgan fingerprint density at radius 1 is 1.13 bits per heavy atom. The first kappa shape index (κ1) is 23.4. The highest BCUT2D eigenvalue weighted by Crippen LogP contribution is 2.28. The molecule has 1 atom stereocenters. The van der Waals surface area contributed by atoms with E-state index < -0.39 is 5.60 Å². The van der Waals surface area contributed by atoms with E-state index in [2.05, 4.69) is 12.0 Å². The quantitative estimate of drug-likeness (QED) is 0.578. The van der Waals surface area contributed by atoms with Gasteiger partial charge >= 0.3 is 12.1 Å². The van der Waals surface area contributed by atoms with Crippen molar-refractivity contribution in [2.75, 3.05) is 13.7 Å². The molecule has 0 aliphatic heterocycles. The molecule has 0 N–H and O–H groups in total. The third-order valence-electron chi connectivity index (χ3n) is 4.57. The van der Waals surface area contributed by atoms with E-state index in [4.69, 9.17) is 9.47 Å². The van der Waals surface area contributed by atoms with E-state index in [1.807, 2.05) is 51.2 Å². The van der Waals surface area contributed by atoms with Gasteiger partial charge in [0.05, 0.1) is 18.8 Å². The molecule has 0 saturated heterocycles. The van der Waals surface area contributed by atoms with Gasteiger partial charge in [0.2, 0.25) is 0 Å². The van der Waals surface area contributed by atoms with Crippen molar-refractivity contribution in [1.29, 1.82) is 0 Å². The van der Waals surface area contributed by atoms with Crippen molar-refractivity contribution in [3.05, 3.63) is 42.2 Å². The Hall–Kier alpha value is -2.83. The smallest absolute Gasteiger partial charge is 0.410 e. The van der Waals surface area contributed by atoms with Crippen LogP contribution in [-0.2, 0) is 20.8 Å². The molecule has 0 aliphatic rings. The van der Waals surface area contributed by atoms with Crippen LogP contribution in [0.1, 0.15) is 59.1 Å². The fourth-order valence-electron chi connectivity index (χ4n) is 3.15. The summed E-state index contributed by atoms with van der Waals surface area (Å²) in [5.41, 5.74) is 2.42. The Balaban J connectivity index is 2.14. The number of hydrogen-bond acceptors (Lipinski definition) is 5. The molecular weight excluding hydrogens is 382 g/mol. The summed E-state index contributed by atoms with van der Waals surface area (Å²) in [5, 5.41) is 4.23. The van der Waals surface area contributed by atoms with E-state index in [0.29, 0.717) is 6.61 Å². The maximum Gasteiger partial charge on any atom is 0.410 e. The number of nitrogens with zero attached hydrogens (tertiary/aromatic N) is 3. The second-order valence-electron chi connectivity index (χ2n) is 8.25. The van der Waals surface area contributed by atoms with Crippen LogP contribution in [-0.4, -0.2) is 46.0 Å². The van der Waals surface area contributed by atoms with Crippen LogP contribution < -0.4 is 0 Å². The highest BCUT2D eigenvalue weighted by Gasteiger charge is 2.26. The molecule has 1 heterocycles. The summed E-state index contributed by atoms with van der Waals surface area (Å²) in [4.78, 5) is 25.8. The summed E-state index contributed by atoms with van der Waals surface area (Å²) in [7, 11) is 1.78. The summed E-state index contributed by atoms with van der Waals surface area (Å²) >= 11 is 0. The Morgan fingerprint density at radius 3 is 2.37 bits per heavy atom. The number of benzene rings is 1. The highest BCUT2D eigenvalue weighted by atomic mass is 16.6. The van der Waals surface area contributed by atoms with Crippen molar-refractivity contribution >= 4 is 12.1 Å². The average molecular weight is 416 g/mol. The standard InChI is InChI=1S/C23H33N3O4/c1-7-9-20(25(6)22(28)30-23(3,4)5)18-12-10-17(11-13-18)19-14-24-26(15-19)16-21(27)29-8-2/h10-15,20H,7-9,16H2,1-6H3. The van der Waals surface area contributed by atoms with Gasteiger partial charge in [-0.2, -0.15) is 5.10 Å². The monoisotopic (exact) mass is 415 g/mol. The van der Waals surface area contributed by atoms with Gasteiger partial charge in [0.1, 0.15) is 12.1 Å². The van der Waals surface area contributed by atoms with Crippen LogP contribution in [0.5, 0.6) is 0 Å². The molecule has 7 heteroatoms. The number of aromatic nitrogens is 2. The van der Waals surface area contributed by atoms with Crippen molar-refractivity contribution in [3.8, 4) is 11.1 Å². The van der Waals surface area contributed by atoms with Crippen LogP contribution in [0.3, 0.4) is 0 Å². The SMILES string of the molecule is CCCC(c1ccc(-c2cnn(CC(=O)OCC)c2)cc1)N(C)C(=O)OC(C)(C)C. The zero-order valence-electron chi connectivity index (χ0n) is 18.8. The number of esters is 1. The van der Waals surface area contributed by atoms with E-state index in [-0.39, 0.29) is 24.6 Å². The third kappa shape index (κ3) is 6.61. The Labute approximate surface area is 179 Å². The highest BCUT2D eigenvalue weighted by molar-refractivity contribution is 5.70. The lowest BCUT2D eigenvalue weighted by atomic mass is 9.98. The summed E-state index contributed by atoms with van der Waals surface area (Å²) < 4.78 is 12.1. The molecule has 0 fully saturated rings. The van der Waals surface area contributed by atoms with Gasteiger partial charge in [-0.1, -0.05) is 37.6 Å². The van der Waals surface area contributed by atoms with E-state index in [1.165, 1.54) is 0 Å². The maximum atomic E-state index is 12.5. The molecule has 7 nitrogen and oxygen atoms in total. The molecule has 0 spiro atoms. The van der Waals surface area contributed by atoms with Gasteiger partial charge < -0.3 is 14.4 Å². The maximum absolute atomic E-state index is 12.5. The molecule has 164 valence electrons. The van der Waals surface area contributed by atoms with E-state index >= 15 is 0 Å². The van der Waals surface area contributed by atoms with Gasteiger partial charge in [-0.25, -0.2) is 4.79 Å². The van der Waals surface area contributed by atoms with E-state index in [9.17, 15) is 9.59 Å². The first-order valence-corrected chi connectivity index (χ1v) is 10.4. The van der Waals surface area contributed by atoms with E-state index in [1.54, 1.807) is 29.7 Å². The largest absolute Gasteiger partial charge is 0.465 e. The normalized spacial score (nSPS) is 12.3. The third-order valence-corrected chi connectivity index (χ3v) is 4.57. The first-order chi connectivity index (χ1) is 14.1. The van der Waals surface area contributed by atoms with Crippen LogP contribution in [0.15, 0.2) is 36.7 Å². The minimum atomic E-state index is -0.532. The second-order valence-corrected chi connectivity index (χ2v) is 8.25. The van der Waals surface area contributed by atoms with Crippen LogP contribution in [0.2, 0.25) is 0 Å². The Morgan fingerprint density at radius 2 is 1.80 bits per heavy atom. The Bertz CT molecular complexity index is 837. The molecule has 2 aromatic rings. The molecule has 2 rings (SSSR count). The van der Waals surface area contributed by atoms with Crippen molar-refractivity contribution < 1.29 is 19.1 Å². The molecule has 30 heavy (non-hydrogen) atoms. The zero-order chi connectivity index (χ0) is 22.3. The molecular formula is C23H33N3O4. The lowest BCUT2D eigenvalue weighted by Gasteiger charge is -2.31. The number of rotatable bonds is 8. The molecule has 1 aromatic carbocycles. The molecule has 1 aromatic heterocycles. The summed E-state index contributed by atoms with van der Waals surface area (Å²) in [5.74, 6) is -0.310. The van der Waals surface area contributed by atoms with Crippen molar-refractivity contribution in [1.82, 2.24) is 14.7 Å². The molecule has 0 bridgehead atoms. The van der Waals surface area contributed by atoms with Gasteiger partial charge in [0, 0.05) is 18.8 Å². The molecule has 0 saturated carbocycles. The molecule has 1 unspecified atom stereocenters. The second kappa shape index (κ2) is 10.3. The minimum absolute atomic E-state index is 0.0644. The lowest BCUT2D eigenvalue weighted by Crippen LogP contribution is -2.36. The fraction of sp³-hybridized carbons (Fsp3) is 0.522. The van der Waals surface area contributed by atoms with Gasteiger partial charge in [-0.3, -0.25) is 9.48 Å². The number of ether oxygens (including phenoxy) is 2. The number of carbonyl (C=O) groups excluding carboxylic acids is 2. The van der Waals surface area contributed by atoms with Gasteiger partial charge in [-0.05, 0) is 45.2 Å². The van der Waals surface area contributed by atoms with Crippen LogP contribution in [0.4, 0.5) is 4.79 Å². The van der Waals surface area contributed by atoms with Crippen LogP contribution >= 0.6 is 0 Å². The molecule has 1 amide bonds. The van der Waals surface area contributed by atoms with Crippen LogP contribution in [0, 0.1) is 0 Å². The molecule has 0 radical (unpaired) electrons. The van der Waals surface area contributed by atoms with Crippen molar-refractivity contribution in [2.45, 2.75) is 65.6 Å². The first-order valence-electron chi connectivity index (χ1n) is 10.4. The topological polar surface area (TPSA) is 73.7 Å².